The second kappa shape index (κ2) is 9.55. The topological polar surface area (TPSA) is 95.2 Å². The number of benzene rings is 2. The van der Waals surface area contributed by atoms with Gasteiger partial charge < -0.3 is 10.3 Å². The van der Waals surface area contributed by atoms with E-state index < -0.39 is 0 Å². The maximum absolute atomic E-state index is 14.6. The van der Waals surface area contributed by atoms with Crippen molar-refractivity contribution in [1.82, 2.24) is 30.1 Å². The normalized spacial score (nSPS) is 11.5. The zero-order valence-corrected chi connectivity index (χ0v) is 21.1. The Balaban J connectivity index is 1.39. The molecule has 0 aliphatic carbocycles. The van der Waals surface area contributed by atoms with Crippen molar-refractivity contribution < 1.29 is 4.39 Å². The number of hydrogen-bond donors (Lipinski definition) is 3. The van der Waals surface area contributed by atoms with Crippen molar-refractivity contribution in [3.8, 4) is 33.8 Å². The van der Waals surface area contributed by atoms with E-state index in [-0.39, 0.29) is 5.82 Å². The number of nitrogens with zero attached hydrogens (tertiary/aromatic N) is 4. The van der Waals surface area contributed by atoms with Gasteiger partial charge in [0.15, 0.2) is 5.82 Å². The maximum atomic E-state index is 14.6. The minimum absolute atomic E-state index is 0.320. The first-order valence-electron chi connectivity index (χ1n) is 12.4. The van der Waals surface area contributed by atoms with Crippen LogP contribution in [-0.2, 0) is 0 Å². The largest absolute Gasteiger partial charge is 0.358 e. The van der Waals surface area contributed by atoms with Crippen LogP contribution in [0.4, 0.5) is 10.1 Å². The predicted octanol–water partition coefficient (Wildman–Crippen LogP) is 7.34. The summed E-state index contributed by atoms with van der Waals surface area (Å²) in [6, 6.07) is 14.8. The van der Waals surface area contributed by atoms with Gasteiger partial charge >= 0.3 is 0 Å². The number of fused-ring (bicyclic) bond motifs is 2. The van der Waals surface area contributed by atoms with Crippen molar-refractivity contribution in [3.05, 3.63) is 91.4 Å². The number of allylic oxidation sites excluding steroid dienone is 1. The summed E-state index contributed by atoms with van der Waals surface area (Å²) in [5.41, 5.74) is 7.79. The highest BCUT2D eigenvalue weighted by Crippen LogP contribution is 2.33. The third-order valence-electron chi connectivity index (χ3n) is 6.39. The molecule has 0 atom stereocenters. The molecule has 0 aliphatic rings. The standard InChI is InChI=1S/C30H26FN7/c1-17(2)10-18(3)34-21-11-20(13-32-14-21)19-8-9-26-23(12-19)29(38-37-26)30-35-27-16-33-15-24(28(27)36-30)22-6-4-5-7-25(22)31/h4-9,11-17,34H,3,10H2,1-2H3,(H,35,36)(H,37,38). The first kappa shape index (κ1) is 23.5. The number of hydrogen-bond acceptors (Lipinski definition) is 5. The number of halogens is 1. The molecule has 6 aromatic rings. The Morgan fingerprint density at radius 1 is 0.947 bits per heavy atom. The Kier molecular flexibility index (Phi) is 5.92. The molecule has 7 nitrogen and oxygen atoms in total. The summed E-state index contributed by atoms with van der Waals surface area (Å²) in [6.07, 6.45) is 7.85. The molecule has 0 bridgehead atoms. The van der Waals surface area contributed by atoms with Gasteiger partial charge in [-0.25, -0.2) is 9.37 Å². The Morgan fingerprint density at radius 2 is 1.79 bits per heavy atom. The lowest BCUT2D eigenvalue weighted by atomic mass is 10.0. The summed E-state index contributed by atoms with van der Waals surface area (Å²) in [5.74, 6) is 0.775. The Morgan fingerprint density at radius 3 is 2.63 bits per heavy atom. The molecule has 4 heterocycles. The third-order valence-corrected chi connectivity index (χ3v) is 6.39. The van der Waals surface area contributed by atoms with Gasteiger partial charge in [0.2, 0.25) is 0 Å². The molecule has 0 aliphatic heterocycles. The molecule has 0 saturated carbocycles. The van der Waals surface area contributed by atoms with Crippen molar-refractivity contribution in [2.24, 2.45) is 5.92 Å². The summed E-state index contributed by atoms with van der Waals surface area (Å²) in [6.45, 7) is 8.46. The molecule has 188 valence electrons. The third kappa shape index (κ3) is 4.41. The van der Waals surface area contributed by atoms with Crippen LogP contribution in [0.3, 0.4) is 0 Å². The number of H-pyrrole nitrogens is 2. The summed E-state index contributed by atoms with van der Waals surface area (Å²) < 4.78 is 14.6. The molecule has 0 unspecified atom stereocenters. The maximum Gasteiger partial charge on any atom is 0.159 e. The molecule has 0 amide bonds. The SMILES string of the molecule is C=C(CC(C)C)Nc1cncc(-c2ccc3[nH]nc(-c4nc5c(-c6ccccc6F)cncc5[nH]4)c3c2)c1. The smallest absolute Gasteiger partial charge is 0.159 e. The van der Waals surface area contributed by atoms with E-state index in [9.17, 15) is 4.39 Å². The molecule has 8 heteroatoms. The molecule has 6 rings (SSSR count). The fourth-order valence-corrected chi connectivity index (χ4v) is 4.71. The van der Waals surface area contributed by atoms with Crippen LogP contribution in [0, 0.1) is 11.7 Å². The molecule has 0 saturated heterocycles. The van der Waals surface area contributed by atoms with Gasteiger partial charge in [0, 0.05) is 40.2 Å². The number of pyridine rings is 2. The molecule has 0 fully saturated rings. The van der Waals surface area contributed by atoms with Gasteiger partial charge in [-0.2, -0.15) is 5.10 Å². The van der Waals surface area contributed by atoms with Crippen LogP contribution < -0.4 is 5.32 Å². The minimum Gasteiger partial charge on any atom is -0.358 e. The van der Waals surface area contributed by atoms with Crippen molar-refractivity contribution >= 4 is 27.6 Å². The first-order valence-corrected chi connectivity index (χ1v) is 12.4. The van der Waals surface area contributed by atoms with Crippen molar-refractivity contribution in [3.63, 3.8) is 0 Å². The van der Waals surface area contributed by atoms with E-state index in [1.165, 1.54) is 6.07 Å². The monoisotopic (exact) mass is 503 g/mol. The van der Waals surface area contributed by atoms with Gasteiger partial charge in [0.05, 0.1) is 29.1 Å². The van der Waals surface area contributed by atoms with Crippen LogP contribution >= 0.6 is 0 Å². The first-order chi connectivity index (χ1) is 18.5. The van der Waals surface area contributed by atoms with Crippen LogP contribution in [0.15, 0.2) is 85.6 Å². The second-order valence-electron chi connectivity index (χ2n) is 9.77. The molecule has 38 heavy (non-hydrogen) atoms. The second-order valence-corrected chi connectivity index (χ2v) is 9.77. The van der Waals surface area contributed by atoms with Gasteiger partial charge in [-0.1, -0.05) is 44.7 Å². The van der Waals surface area contributed by atoms with Crippen LogP contribution in [0.25, 0.3) is 55.7 Å². The van der Waals surface area contributed by atoms with Gasteiger partial charge in [-0.15, -0.1) is 0 Å². The number of rotatable bonds is 7. The highest BCUT2D eigenvalue weighted by atomic mass is 19.1. The van der Waals surface area contributed by atoms with Gasteiger partial charge in [0.25, 0.3) is 0 Å². The lowest BCUT2D eigenvalue weighted by molar-refractivity contribution is 0.631. The highest BCUT2D eigenvalue weighted by molar-refractivity contribution is 5.98. The zero-order chi connectivity index (χ0) is 26.2. The van der Waals surface area contributed by atoms with Gasteiger partial charge in [-0.3, -0.25) is 15.1 Å². The molecular weight excluding hydrogens is 477 g/mol. The quantitative estimate of drug-likeness (QED) is 0.212. The van der Waals surface area contributed by atoms with E-state index in [4.69, 9.17) is 4.98 Å². The molecule has 2 aromatic carbocycles. The van der Waals surface area contributed by atoms with Crippen LogP contribution in [-0.4, -0.2) is 30.1 Å². The summed E-state index contributed by atoms with van der Waals surface area (Å²) in [4.78, 5) is 16.9. The van der Waals surface area contributed by atoms with E-state index in [0.29, 0.717) is 39.6 Å². The average Bonchev–Trinajstić information content (AvgIpc) is 3.52. The van der Waals surface area contributed by atoms with Gasteiger partial charge in [0.1, 0.15) is 17.0 Å². The van der Waals surface area contributed by atoms with E-state index in [2.05, 4.69) is 63.0 Å². The number of imidazole rings is 1. The van der Waals surface area contributed by atoms with Crippen LogP contribution in [0.5, 0.6) is 0 Å². The van der Waals surface area contributed by atoms with Crippen molar-refractivity contribution in [2.75, 3.05) is 5.32 Å². The fraction of sp³-hybridized carbons (Fsp3) is 0.133. The summed E-state index contributed by atoms with van der Waals surface area (Å²) in [5, 5.41) is 11.9. The molecule has 0 spiro atoms. The average molecular weight is 504 g/mol. The number of anilines is 1. The van der Waals surface area contributed by atoms with Gasteiger partial charge in [-0.05, 0) is 42.2 Å². The number of aromatic nitrogens is 6. The predicted molar refractivity (Wildman–Crippen MR) is 150 cm³/mol. The van der Waals surface area contributed by atoms with E-state index in [0.717, 1.165) is 39.8 Å². The number of aromatic amines is 2. The highest BCUT2D eigenvalue weighted by Gasteiger charge is 2.17. The fourth-order valence-electron chi connectivity index (χ4n) is 4.71. The van der Waals surface area contributed by atoms with E-state index >= 15 is 0 Å². The molecule has 0 radical (unpaired) electrons. The van der Waals surface area contributed by atoms with E-state index in [1.807, 2.05) is 18.3 Å². The lowest BCUT2D eigenvalue weighted by Gasteiger charge is -2.12. The van der Waals surface area contributed by atoms with Crippen LogP contribution in [0.1, 0.15) is 20.3 Å². The van der Waals surface area contributed by atoms with Crippen LogP contribution in [0.2, 0.25) is 0 Å². The van der Waals surface area contributed by atoms with Crippen molar-refractivity contribution in [1.29, 1.82) is 0 Å². The molecular formula is C30H26FN7. The molecule has 4 aromatic heterocycles. The zero-order valence-electron chi connectivity index (χ0n) is 21.1. The van der Waals surface area contributed by atoms with E-state index in [1.54, 1.807) is 36.8 Å². The van der Waals surface area contributed by atoms with Crippen molar-refractivity contribution in [2.45, 2.75) is 20.3 Å². The summed E-state index contributed by atoms with van der Waals surface area (Å²) >= 11 is 0. The Bertz CT molecular complexity index is 1800. The lowest BCUT2D eigenvalue weighted by Crippen LogP contribution is -2.02. The Labute approximate surface area is 218 Å². The number of nitrogens with one attached hydrogen (secondary N) is 3. The summed E-state index contributed by atoms with van der Waals surface area (Å²) in [7, 11) is 0. The minimum atomic E-state index is -0.320. The molecule has 3 N–H and O–H groups in total. The Hall–Kier alpha value is -4.85.